The van der Waals surface area contributed by atoms with Crippen LogP contribution in [0.15, 0.2) is 40.8 Å². The Labute approximate surface area is 153 Å². The first kappa shape index (κ1) is 19.4. The van der Waals surface area contributed by atoms with Crippen LogP contribution in [0.4, 0.5) is 5.69 Å². The first-order valence-electron chi connectivity index (χ1n) is 8.17. The van der Waals surface area contributed by atoms with E-state index in [-0.39, 0.29) is 29.6 Å². The van der Waals surface area contributed by atoms with Crippen molar-refractivity contribution >= 4 is 18.1 Å². The summed E-state index contributed by atoms with van der Waals surface area (Å²) in [6, 6.07) is 10.5. The number of hydrogen-bond donors (Lipinski definition) is 1. The second-order valence-electron chi connectivity index (χ2n) is 7.16. The van der Waals surface area contributed by atoms with Gasteiger partial charge in [0.1, 0.15) is 11.5 Å². The van der Waals surface area contributed by atoms with Crippen LogP contribution in [0.5, 0.6) is 0 Å². The van der Waals surface area contributed by atoms with Crippen molar-refractivity contribution in [3.8, 4) is 11.3 Å². The first-order valence-corrected chi connectivity index (χ1v) is 8.17. The Kier molecular flexibility index (Phi) is 5.87. The van der Waals surface area contributed by atoms with Gasteiger partial charge in [-0.05, 0) is 36.1 Å². The van der Waals surface area contributed by atoms with Gasteiger partial charge in [0.2, 0.25) is 0 Å². The van der Waals surface area contributed by atoms with Gasteiger partial charge < -0.3 is 10.2 Å². The number of nitro groups is 1. The maximum absolute atomic E-state index is 10.7. The smallest absolute Gasteiger partial charge is 0.269 e. The predicted octanol–water partition coefficient (Wildman–Crippen LogP) is 3.84. The van der Waals surface area contributed by atoms with Crippen LogP contribution < -0.4 is 5.73 Å². The Bertz CT molecular complexity index is 727. The Hall–Kier alpha value is -1.89. The summed E-state index contributed by atoms with van der Waals surface area (Å²) < 4.78 is 5.93. The van der Waals surface area contributed by atoms with Crippen LogP contribution in [0.25, 0.3) is 11.3 Å². The molecule has 1 fully saturated rings. The fourth-order valence-electron chi connectivity index (χ4n) is 3.21. The van der Waals surface area contributed by atoms with E-state index >= 15 is 0 Å². The summed E-state index contributed by atoms with van der Waals surface area (Å²) in [5.74, 6) is 1.63. The minimum atomic E-state index is -0.403. The van der Waals surface area contributed by atoms with E-state index in [1.807, 2.05) is 12.1 Å². The number of rotatable bonds is 4. The topological polar surface area (TPSA) is 85.5 Å². The standard InChI is InChI=1S/C18H23N3O3.ClH/c1-18(2)12-20(10-9-17(18)19)11-15-7-8-16(24-15)13-3-5-14(6-4-13)21(22)23;/h3-8,17H,9-12,19H2,1-2H3;1H. The fraction of sp³-hybridized carbons (Fsp3) is 0.444. The number of likely N-dealkylation sites (tertiary alicyclic amines) is 1. The van der Waals surface area contributed by atoms with Crippen molar-refractivity contribution in [1.82, 2.24) is 4.90 Å². The maximum Gasteiger partial charge on any atom is 0.269 e. The van der Waals surface area contributed by atoms with E-state index < -0.39 is 4.92 Å². The first-order chi connectivity index (χ1) is 11.3. The second-order valence-corrected chi connectivity index (χ2v) is 7.16. The number of nitrogens with two attached hydrogens (primary N) is 1. The Morgan fingerprint density at radius 2 is 1.96 bits per heavy atom. The molecule has 0 bridgehead atoms. The summed E-state index contributed by atoms with van der Waals surface area (Å²) in [5.41, 5.74) is 7.21. The Balaban J connectivity index is 0.00000225. The molecule has 1 aliphatic rings. The van der Waals surface area contributed by atoms with Gasteiger partial charge >= 0.3 is 0 Å². The summed E-state index contributed by atoms with van der Waals surface area (Å²) in [7, 11) is 0. The maximum atomic E-state index is 10.7. The lowest BCUT2D eigenvalue weighted by Crippen LogP contribution is -2.51. The van der Waals surface area contributed by atoms with E-state index in [9.17, 15) is 10.1 Å². The molecule has 1 saturated heterocycles. The number of benzene rings is 1. The van der Waals surface area contributed by atoms with Crippen LogP contribution in [0, 0.1) is 15.5 Å². The number of piperidine rings is 1. The monoisotopic (exact) mass is 365 g/mol. The van der Waals surface area contributed by atoms with Gasteiger partial charge in [0.15, 0.2) is 0 Å². The summed E-state index contributed by atoms with van der Waals surface area (Å²) >= 11 is 0. The molecular formula is C18H24ClN3O3. The van der Waals surface area contributed by atoms with Gasteiger partial charge in [-0.3, -0.25) is 15.0 Å². The molecule has 2 N–H and O–H groups in total. The molecule has 6 nitrogen and oxygen atoms in total. The molecular weight excluding hydrogens is 342 g/mol. The van der Waals surface area contributed by atoms with Gasteiger partial charge in [-0.15, -0.1) is 12.4 Å². The van der Waals surface area contributed by atoms with Gasteiger partial charge in [-0.2, -0.15) is 0 Å². The molecule has 7 heteroatoms. The summed E-state index contributed by atoms with van der Waals surface area (Å²) in [5, 5.41) is 10.7. The zero-order valence-electron chi connectivity index (χ0n) is 14.5. The summed E-state index contributed by atoms with van der Waals surface area (Å²) in [4.78, 5) is 12.7. The van der Waals surface area contributed by atoms with E-state index in [0.717, 1.165) is 43.1 Å². The van der Waals surface area contributed by atoms with Crippen LogP contribution in [0.2, 0.25) is 0 Å². The number of nitro benzene ring substituents is 1. The molecule has 0 saturated carbocycles. The molecule has 0 radical (unpaired) electrons. The van der Waals surface area contributed by atoms with Crippen molar-refractivity contribution in [3.05, 3.63) is 52.3 Å². The average Bonchev–Trinajstić information content (AvgIpc) is 2.99. The molecule has 2 heterocycles. The lowest BCUT2D eigenvalue weighted by Gasteiger charge is -2.42. The van der Waals surface area contributed by atoms with Crippen molar-refractivity contribution in [2.75, 3.05) is 13.1 Å². The third-order valence-corrected chi connectivity index (χ3v) is 4.79. The van der Waals surface area contributed by atoms with E-state index in [4.69, 9.17) is 10.2 Å². The minimum absolute atomic E-state index is 0. The van der Waals surface area contributed by atoms with Crippen LogP contribution in [-0.2, 0) is 6.54 Å². The molecule has 2 aromatic rings. The highest BCUT2D eigenvalue weighted by Gasteiger charge is 2.33. The molecule has 1 aromatic heterocycles. The van der Waals surface area contributed by atoms with E-state index in [1.54, 1.807) is 12.1 Å². The summed E-state index contributed by atoms with van der Waals surface area (Å²) in [6.07, 6.45) is 0.989. The normalized spacial score (nSPS) is 20.0. The molecule has 1 aromatic carbocycles. The Morgan fingerprint density at radius 3 is 2.56 bits per heavy atom. The van der Waals surface area contributed by atoms with Gasteiger partial charge in [0.25, 0.3) is 5.69 Å². The van der Waals surface area contributed by atoms with Crippen LogP contribution in [-0.4, -0.2) is 29.0 Å². The molecule has 0 aliphatic carbocycles. The van der Waals surface area contributed by atoms with Crippen molar-refractivity contribution in [2.24, 2.45) is 11.1 Å². The quantitative estimate of drug-likeness (QED) is 0.657. The van der Waals surface area contributed by atoms with Gasteiger partial charge in [-0.25, -0.2) is 0 Å². The number of hydrogen-bond acceptors (Lipinski definition) is 5. The molecule has 3 rings (SSSR count). The minimum Gasteiger partial charge on any atom is -0.460 e. The molecule has 0 spiro atoms. The third kappa shape index (κ3) is 4.39. The molecule has 25 heavy (non-hydrogen) atoms. The second kappa shape index (κ2) is 7.56. The highest BCUT2D eigenvalue weighted by atomic mass is 35.5. The van der Waals surface area contributed by atoms with Crippen molar-refractivity contribution < 1.29 is 9.34 Å². The number of nitrogens with zero attached hydrogens (tertiary/aromatic N) is 2. The van der Waals surface area contributed by atoms with E-state index in [2.05, 4.69) is 18.7 Å². The lowest BCUT2D eigenvalue weighted by molar-refractivity contribution is -0.384. The van der Waals surface area contributed by atoms with Crippen LogP contribution in [0.3, 0.4) is 0 Å². The molecule has 1 atom stereocenters. The SMILES string of the molecule is CC1(C)CN(Cc2ccc(-c3ccc([N+](=O)[O-])cc3)o2)CCC1N.Cl. The molecule has 0 amide bonds. The van der Waals surface area contributed by atoms with Crippen molar-refractivity contribution in [1.29, 1.82) is 0 Å². The predicted molar refractivity (Wildman–Crippen MR) is 99.7 cm³/mol. The van der Waals surface area contributed by atoms with Crippen LogP contribution in [0.1, 0.15) is 26.0 Å². The molecule has 1 aliphatic heterocycles. The van der Waals surface area contributed by atoms with E-state index in [1.165, 1.54) is 12.1 Å². The van der Waals surface area contributed by atoms with Crippen LogP contribution >= 0.6 is 12.4 Å². The summed E-state index contributed by atoms with van der Waals surface area (Å²) in [6.45, 7) is 7.07. The number of furan rings is 1. The number of halogens is 1. The highest BCUT2D eigenvalue weighted by molar-refractivity contribution is 5.85. The largest absolute Gasteiger partial charge is 0.460 e. The van der Waals surface area contributed by atoms with E-state index in [0.29, 0.717) is 0 Å². The fourth-order valence-corrected chi connectivity index (χ4v) is 3.21. The average molecular weight is 366 g/mol. The van der Waals surface area contributed by atoms with Crippen molar-refractivity contribution in [3.63, 3.8) is 0 Å². The Morgan fingerprint density at radius 1 is 1.28 bits per heavy atom. The van der Waals surface area contributed by atoms with Gasteiger partial charge in [0.05, 0.1) is 11.5 Å². The van der Waals surface area contributed by atoms with Crippen molar-refractivity contribution in [2.45, 2.75) is 32.9 Å². The zero-order valence-corrected chi connectivity index (χ0v) is 15.3. The number of non-ortho nitro benzene ring substituents is 1. The zero-order chi connectivity index (χ0) is 17.3. The van der Waals surface area contributed by atoms with Gasteiger partial charge in [0, 0.05) is 36.8 Å². The van der Waals surface area contributed by atoms with Gasteiger partial charge in [-0.1, -0.05) is 13.8 Å². The highest BCUT2D eigenvalue weighted by Crippen LogP contribution is 2.30. The molecule has 1 unspecified atom stereocenters. The third-order valence-electron chi connectivity index (χ3n) is 4.79. The lowest BCUT2D eigenvalue weighted by atomic mass is 9.80. The molecule has 136 valence electrons.